The minimum absolute atomic E-state index is 0.345. The minimum atomic E-state index is 0.345. The van der Waals surface area contributed by atoms with Crippen molar-refractivity contribution in [2.45, 2.75) is 27.2 Å². The van der Waals surface area contributed by atoms with Crippen LogP contribution in [0.1, 0.15) is 27.2 Å². The van der Waals surface area contributed by atoms with E-state index in [2.05, 4.69) is 31.1 Å². The molecule has 0 saturated heterocycles. The van der Waals surface area contributed by atoms with Crippen molar-refractivity contribution in [3.8, 4) is 0 Å². The lowest BCUT2D eigenvalue weighted by Crippen LogP contribution is -2.22. The Hall–Kier alpha value is -1.05. The Kier molecular flexibility index (Phi) is 3.29. The van der Waals surface area contributed by atoms with Gasteiger partial charge in [-0.1, -0.05) is 26.8 Å². The number of hydrogen-bond donors (Lipinski definition) is 1. The van der Waals surface area contributed by atoms with Crippen LogP contribution >= 0.6 is 0 Å². The molecular weight excluding hydrogens is 160 g/mol. The highest BCUT2D eigenvalue weighted by atomic mass is 15.0. The summed E-state index contributed by atoms with van der Waals surface area (Å²) in [6.45, 7) is 7.69. The molecule has 0 radical (unpaired) electrons. The number of aromatic nitrogens is 1. The van der Waals surface area contributed by atoms with Crippen LogP contribution in [0.15, 0.2) is 24.4 Å². The Labute approximate surface area is 80.4 Å². The first-order valence-electron chi connectivity index (χ1n) is 4.79. The van der Waals surface area contributed by atoms with Crippen LogP contribution < -0.4 is 5.32 Å². The van der Waals surface area contributed by atoms with Gasteiger partial charge in [0.25, 0.3) is 0 Å². The Morgan fingerprint density at radius 2 is 2.15 bits per heavy atom. The normalized spacial score (nSPS) is 11.3. The van der Waals surface area contributed by atoms with E-state index in [0.717, 1.165) is 12.4 Å². The summed E-state index contributed by atoms with van der Waals surface area (Å²) in [5.74, 6) is 0.962. The van der Waals surface area contributed by atoms with Crippen molar-refractivity contribution in [3.05, 3.63) is 24.4 Å². The third-order valence-corrected chi connectivity index (χ3v) is 2.37. The van der Waals surface area contributed by atoms with Crippen LogP contribution in [0.5, 0.6) is 0 Å². The summed E-state index contributed by atoms with van der Waals surface area (Å²) in [6.07, 6.45) is 2.98. The molecular formula is C11H18N2. The van der Waals surface area contributed by atoms with E-state index in [0.29, 0.717) is 5.41 Å². The SMILES string of the molecule is CCC(C)(C)CNc1ccccn1. The third kappa shape index (κ3) is 3.45. The van der Waals surface area contributed by atoms with Crippen LogP contribution in [0.4, 0.5) is 5.82 Å². The minimum Gasteiger partial charge on any atom is -0.370 e. The molecule has 1 aromatic rings. The maximum atomic E-state index is 4.20. The lowest BCUT2D eigenvalue weighted by atomic mass is 9.90. The molecule has 0 atom stereocenters. The van der Waals surface area contributed by atoms with Gasteiger partial charge in [0, 0.05) is 12.7 Å². The zero-order chi connectivity index (χ0) is 9.73. The van der Waals surface area contributed by atoms with Gasteiger partial charge in [-0.05, 0) is 24.0 Å². The highest BCUT2D eigenvalue weighted by molar-refractivity contribution is 5.33. The summed E-state index contributed by atoms with van der Waals surface area (Å²) in [5.41, 5.74) is 0.345. The predicted octanol–water partition coefficient (Wildman–Crippen LogP) is 2.93. The van der Waals surface area contributed by atoms with E-state index < -0.39 is 0 Å². The van der Waals surface area contributed by atoms with Crippen molar-refractivity contribution in [1.29, 1.82) is 0 Å². The summed E-state index contributed by atoms with van der Waals surface area (Å²) in [5, 5.41) is 3.32. The molecule has 0 bridgehead atoms. The van der Waals surface area contributed by atoms with Crippen molar-refractivity contribution in [1.82, 2.24) is 4.98 Å². The van der Waals surface area contributed by atoms with E-state index in [4.69, 9.17) is 0 Å². The van der Waals surface area contributed by atoms with E-state index in [9.17, 15) is 0 Å². The average molecular weight is 178 g/mol. The van der Waals surface area contributed by atoms with Crippen LogP contribution in [0, 0.1) is 5.41 Å². The molecule has 2 nitrogen and oxygen atoms in total. The zero-order valence-electron chi connectivity index (χ0n) is 8.67. The van der Waals surface area contributed by atoms with Gasteiger partial charge in [0.1, 0.15) is 5.82 Å². The van der Waals surface area contributed by atoms with Gasteiger partial charge in [-0.2, -0.15) is 0 Å². The smallest absolute Gasteiger partial charge is 0.125 e. The van der Waals surface area contributed by atoms with Gasteiger partial charge >= 0.3 is 0 Å². The zero-order valence-corrected chi connectivity index (χ0v) is 8.67. The monoisotopic (exact) mass is 178 g/mol. The first-order chi connectivity index (χ1) is 6.14. The fourth-order valence-corrected chi connectivity index (χ4v) is 0.922. The molecule has 0 unspecified atom stereocenters. The summed E-state index contributed by atoms with van der Waals surface area (Å²) in [4.78, 5) is 4.20. The molecule has 1 aromatic heterocycles. The number of hydrogen-bond acceptors (Lipinski definition) is 2. The Balaban J connectivity index is 2.44. The number of anilines is 1. The molecule has 0 aliphatic heterocycles. The van der Waals surface area contributed by atoms with Crippen LogP contribution in [0.25, 0.3) is 0 Å². The highest BCUT2D eigenvalue weighted by Crippen LogP contribution is 2.19. The van der Waals surface area contributed by atoms with Crippen LogP contribution in [-0.4, -0.2) is 11.5 Å². The molecule has 0 aliphatic rings. The summed E-state index contributed by atoms with van der Waals surface area (Å²) < 4.78 is 0. The van der Waals surface area contributed by atoms with Gasteiger partial charge in [0.15, 0.2) is 0 Å². The third-order valence-electron chi connectivity index (χ3n) is 2.37. The predicted molar refractivity (Wildman–Crippen MR) is 56.8 cm³/mol. The largest absolute Gasteiger partial charge is 0.370 e. The van der Waals surface area contributed by atoms with Crippen molar-refractivity contribution < 1.29 is 0 Å². The van der Waals surface area contributed by atoms with E-state index in [-0.39, 0.29) is 0 Å². The van der Waals surface area contributed by atoms with E-state index in [1.807, 2.05) is 18.2 Å². The number of nitrogens with zero attached hydrogens (tertiary/aromatic N) is 1. The first-order valence-corrected chi connectivity index (χ1v) is 4.79. The number of pyridine rings is 1. The molecule has 0 fully saturated rings. The van der Waals surface area contributed by atoms with Crippen molar-refractivity contribution >= 4 is 5.82 Å². The number of nitrogens with one attached hydrogen (secondary N) is 1. The molecule has 0 spiro atoms. The van der Waals surface area contributed by atoms with E-state index in [1.165, 1.54) is 6.42 Å². The molecule has 72 valence electrons. The molecule has 1 rings (SSSR count). The average Bonchev–Trinajstić information content (AvgIpc) is 2.17. The van der Waals surface area contributed by atoms with Crippen molar-refractivity contribution in [2.75, 3.05) is 11.9 Å². The Morgan fingerprint density at radius 3 is 2.69 bits per heavy atom. The molecule has 0 aromatic carbocycles. The van der Waals surface area contributed by atoms with E-state index in [1.54, 1.807) is 6.20 Å². The van der Waals surface area contributed by atoms with Crippen LogP contribution in [0.2, 0.25) is 0 Å². The van der Waals surface area contributed by atoms with Gasteiger partial charge < -0.3 is 5.32 Å². The molecule has 13 heavy (non-hydrogen) atoms. The molecule has 1 heterocycles. The van der Waals surface area contributed by atoms with Crippen LogP contribution in [-0.2, 0) is 0 Å². The van der Waals surface area contributed by atoms with Gasteiger partial charge in [-0.3, -0.25) is 0 Å². The molecule has 0 amide bonds. The summed E-state index contributed by atoms with van der Waals surface area (Å²) >= 11 is 0. The van der Waals surface area contributed by atoms with Crippen molar-refractivity contribution in [3.63, 3.8) is 0 Å². The second kappa shape index (κ2) is 4.26. The fraction of sp³-hybridized carbons (Fsp3) is 0.545. The highest BCUT2D eigenvalue weighted by Gasteiger charge is 2.14. The van der Waals surface area contributed by atoms with E-state index >= 15 is 0 Å². The maximum absolute atomic E-state index is 4.20. The fourth-order valence-electron chi connectivity index (χ4n) is 0.922. The second-order valence-corrected chi connectivity index (χ2v) is 4.09. The summed E-state index contributed by atoms with van der Waals surface area (Å²) in [7, 11) is 0. The lowest BCUT2D eigenvalue weighted by molar-refractivity contribution is 0.376. The molecule has 0 aliphatic carbocycles. The van der Waals surface area contributed by atoms with Gasteiger partial charge in [0.2, 0.25) is 0 Å². The van der Waals surface area contributed by atoms with Gasteiger partial charge in [-0.15, -0.1) is 0 Å². The van der Waals surface area contributed by atoms with Crippen molar-refractivity contribution in [2.24, 2.45) is 5.41 Å². The van der Waals surface area contributed by atoms with Gasteiger partial charge in [0.05, 0.1) is 0 Å². The Morgan fingerprint density at radius 1 is 1.38 bits per heavy atom. The maximum Gasteiger partial charge on any atom is 0.125 e. The van der Waals surface area contributed by atoms with Crippen LogP contribution in [0.3, 0.4) is 0 Å². The summed E-state index contributed by atoms with van der Waals surface area (Å²) in [6, 6.07) is 5.91. The molecule has 2 heteroatoms. The Bertz CT molecular complexity index is 242. The number of rotatable bonds is 4. The van der Waals surface area contributed by atoms with Gasteiger partial charge in [-0.25, -0.2) is 4.98 Å². The topological polar surface area (TPSA) is 24.9 Å². The molecule has 1 N–H and O–H groups in total. The lowest BCUT2D eigenvalue weighted by Gasteiger charge is -2.23. The quantitative estimate of drug-likeness (QED) is 0.766. The first kappa shape index (κ1) is 10.0. The second-order valence-electron chi connectivity index (χ2n) is 4.09. The standard InChI is InChI=1S/C11H18N2/c1-4-11(2,3)9-13-10-7-5-6-8-12-10/h5-8H,4,9H2,1-3H3,(H,12,13). The molecule has 0 saturated carbocycles.